The molecule has 7 heterocycles. The molecule has 4 aromatic rings. The Balaban J connectivity index is 1.17. The molecule has 0 amide bonds. The highest BCUT2D eigenvalue weighted by molar-refractivity contribution is 7.50. The first-order valence-corrected chi connectivity index (χ1v) is 16.6. The molecule has 3 aliphatic rings. The number of rotatable bonds is 2. The van der Waals surface area contributed by atoms with Crippen molar-refractivity contribution in [1.82, 2.24) is 49.2 Å². The maximum atomic E-state index is 13.3. The van der Waals surface area contributed by atoms with E-state index in [-0.39, 0.29) is 34.1 Å². The van der Waals surface area contributed by atoms with E-state index in [0.717, 1.165) is 0 Å². The maximum Gasteiger partial charge on any atom is 0.403 e. The number of nitrogens with two attached hydrogens (primary N) is 2. The Morgan fingerprint density at radius 1 is 0.889 bits per heavy atom. The van der Waals surface area contributed by atoms with Gasteiger partial charge in [0.1, 0.15) is 36.4 Å². The van der Waals surface area contributed by atoms with E-state index in [9.17, 15) is 28.8 Å². The SMILES string of the molecule is C[C@@H]1[C@@H]2NP(=O)(O)OC[C@H]3O[C@@H](n4cnc5c(N)ncnc54)[C@H](O)[C@@H]3NP(=O)(O)OC[C@H]2O[C@H]1n1cnc2c(=O)[nH]c(N)nc21. The molecule has 0 spiro atoms. The van der Waals surface area contributed by atoms with Crippen LogP contribution >= 0.6 is 15.5 Å². The van der Waals surface area contributed by atoms with E-state index in [0.29, 0.717) is 0 Å². The highest BCUT2D eigenvalue weighted by atomic mass is 31.2. The van der Waals surface area contributed by atoms with Gasteiger partial charge in [0.25, 0.3) is 5.56 Å². The van der Waals surface area contributed by atoms with Crippen molar-refractivity contribution in [1.29, 1.82) is 0 Å². The van der Waals surface area contributed by atoms with Gasteiger partial charge in [0.05, 0.1) is 38.0 Å². The van der Waals surface area contributed by atoms with E-state index in [1.807, 2.05) is 0 Å². The summed E-state index contributed by atoms with van der Waals surface area (Å²) in [6.45, 7) is 0.516. The van der Waals surface area contributed by atoms with Crippen molar-refractivity contribution in [2.45, 2.75) is 49.8 Å². The summed E-state index contributed by atoms with van der Waals surface area (Å²) < 4.78 is 52.2. The Hall–Kier alpha value is -3.40. The van der Waals surface area contributed by atoms with Crippen molar-refractivity contribution < 1.29 is 42.5 Å². The number of aliphatic hydroxyl groups is 1. The molecule has 22 nitrogen and oxygen atoms in total. The summed E-state index contributed by atoms with van der Waals surface area (Å²) in [6.07, 6.45) is -2.22. The van der Waals surface area contributed by atoms with Crippen LogP contribution in [0, 0.1) is 5.92 Å². The van der Waals surface area contributed by atoms with Gasteiger partial charge in [-0.1, -0.05) is 6.92 Å². The number of anilines is 2. The number of hydrogen-bond acceptors (Lipinski definition) is 15. The van der Waals surface area contributed by atoms with E-state index in [1.165, 1.54) is 28.1 Å². The minimum atomic E-state index is -4.69. The average molecular weight is 670 g/mol. The third-order valence-electron chi connectivity index (χ3n) is 7.94. The summed E-state index contributed by atoms with van der Waals surface area (Å²) in [6, 6.07) is -2.32. The predicted molar refractivity (Wildman–Crippen MR) is 151 cm³/mol. The van der Waals surface area contributed by atoms with Crippen LogP contribution in [0.2, 0.25) is 0 Å². The van der Waals surface area contributed by atoms with Gasteiger partial charge in [-0.2, -0.15) is 4.98 Å². The number of nitrogens with one attached hydrogen (secondary N) is 3. The molecule has 45 heavy (non-hydrogen) atoms. The topological polar surface area (TPSA) is 315 Å². The lowest BCUT2D eigenvalue weighted by Crippen LogP contribution is -2.46. The Morgan fingerprint density at radius 2 is 1.49 bits per heavy atom. The summed E-state index contributed by atoms with van der Waals surface area (Å²) in [7, 11) is -9.30. The molecule has 0 saturated carbocycles. The van der Waals surface area contributed by atoms with Crippen molar-refractivity contribution in [2.75, 3.05) is 24.7 Å². The quantitative estimate of drug-likeness (QED) is 0.108. The normalized spacial score (nSPS) is 37.7. The monoisotopic (exact) mass is 670 g/mol. The molecule has 0 radical (unpaired) electrons. The number of aliphatic hydroxyl groups excluding tert-OH is 1. The fraction of sp³-hybridized carbons (Fsp3) is 0.524. The molecule has 10 N–H and O–H groups in total. The molecule has 3 aliphatic heterocycles. The second kappa shape index (κ2) is 10.9. The molecular weight excluding hydrogens is 642 g/mol. The van der Waals surface area contributed by atoms with Gasteiger partial charge in [-0.25, -0.2) is 39.2 Å². The molecule has 2 unspecified atom stereocenters. The molecule has 10 atom stereocenters. The Morgan fingerprint density at radius 3 is 2.20 bits per heavy atom. The third kappa shape index (κ3) is 5.32. The molecular formula is C21H28N12O10P2. The standard InChI is InChI=1S/C21H28N12O10P2/c1-7-10-8(42-19(7)33-6-27-13-17(33)28-21(23)29-18(13)35)2-40-45(38,39)31-11-9(3-41-44(36,37)30-10)43-20(14(11)34)32-5-26-12-15(22)24-4-25-16(12)32/h4-11,14,19-20,34H,2-3H2,1H3,(H2,22,24,25)(H2,30,36,37)(H2,31,38,39)(H3,23,28,29,35)/t7-,8-,9-,10+,11-,14-,19-,20-/m1/s1. The van der Waals surface area contributed by atoms with Gasteiger partial charge in [-0.3, -0.25) is 28.0 Å². The lowest BCUT2D eigenvalue weighted by Gasteiger charge is -2.29. The van der Waals surface area contributed by atoms with Crippen LogP contribution in [0.1, 0.15) is 19.4 Å². The van der Waals surface area contributed by atoms with Crippen LogP contribution in [0.25, 0.3) is 22.3 Å². The number of hydrogen-bond donors (Lipinski definition) is 8. The second-order valence-electron chi connectivity index (χ2n) is 10.8. The number of H-pyrrole nitrogens is 1. The first-order chi connectivity index (χ1) is 21.3. The van der Waals surface area contributed by atoms with E-state index >= 15 is 0 Å². The third-order valence-corrected chi connectivity index (χ3v) is 10.2. The van der Waals surface area contributed by atoms with Crippen LogP contribution in [0.15, 0.2) is 23.8 Å². The van der Waals surface area contributed by atoms with Crippen LogP contribution in [0.4, 0.5) is 11.8 Å². The fourth-order valence-corrected chi connectivity index (χ4v) is 8.15. The molecule has 24 heteroatoms. The van der Waals surface area contributed by atoms with Gasteiger partial charge in [0.15, 0.2) is 28.9 Å². The number of nitrogen functional groups attached to an aromatic ring is 2. The van der Waals surface area contributed by atoms with Crippen molar-refractivity contribution in [3.05, 3.63) is 29.3 Å². The largest absolute Gasteiger partial charge is 0.403 e. The minimum absolute atomic E-state index is 0.0154. The smallest absolute Gasteiger partial charge is 0.387 e. The lowest BCUT2D eigenvalue weighted by atomic mass is 10.00. The van der Waals surface area contributed by atoms with Crippen LogP contribution in [-0.2, 0) is 27.7 Å². The van der Waals surface area contributed by atoms with Crippen molar-refractivity contribution in [3.8, 4) is 0 Å². The van der Waals surface area contributed by atoms with E-state index < -0.39 is 83.0 Å². The molecule has 242 valence electrons. The summed E-state index contributed by atoms with van der Waals surface area (Å²) >= 11 is 0. The summed E-state index contributed by atoms with van der Waals surface area (Å²) in [5.74, 6) is -0.717. The number of ether oxygens (including phenoxy) is 2. The molecule has 0 aliphatic carbocycles. The molecule has 0 bridgehead atoms. The van der Waals surface area contributed by atoms with Gasteiger partial charge in [-0.05, 0) is 0 Å². The summed E-state index contributed by atoms with van der Waals surface area (Å²) in [5.41, 5.74) is 11.5. The summed E-state index contributed by atoms with van der Waals surface area (Å²) in [5, 5.41) is 16.2. The first kappa shape index (κ1) is 30.3. The highest BCUT2D eigenvalue weighted by Gasteiger charge is 2.51. The summed E-state index contributed by atoms with van der Waals surface area (Å²) in [4.78, 5) is 56.6. The van der Waals surface area contributed by atoms with E-state index in [4.69, 9.17) is 30.0 Å². The van der Waals surface area contributed by atoms with Gasteiger partial charge < -0.3 is 35.8 Å². The van der Waals surface area contributed by atoms with Crippen molar-refractivity contribution in [2.24, 2.45) is 5.92 Å². The predicted octanol–water partition coefficient (Wildman–Crippen LogP) is -1.92. The average Bonchev–Trinajstić information content (AvgIpc) is 3.72. The van der Waals surface area contributed by atoms with Crippen LogP contribution < -0.4 is 27.2 Å². The second-order valence-corrected chi connectivity index (χ2v) is 13.9. The molecule has 7 rings (SSSR count). The van der Waals surface area contributed by atoms with Gasteiger partial charge in [0, 0.05) is 5.92 Å². The fourth-order valence-electron chi connectivity index (χ4n) is 5.83. The Kier molecular flexibility index (Phi) is 7.30. The molecule has 3 saturated heterocycles. The zero-order valence-electron chi connectivity index (χ0n) is 23.1. The lowest BCUT2D eigenvalue weighted by molar-refractivity contribution is -0.0474. The van der Waals surface area contributed by atoms with Gasteiger partial charge >= 0.3 is 15.5 Å². The van der Waals surface area contributed by atoms with Crippen LogP contribution in [-0.4, -0.2) is 97.5 Å². The number of imidazole rings is 2. The van der Waals surface area contributed by atoms with Crippen molar-refractivity contribution in [3.63, 3.8) is 0 Å². The van der Waals surface area contributed by atoms with Crippen LogP contribution in [0.3, 0.4) is 0 Å². The Labute approximate surface area is 251 Å². The van der Waals surface area contributed by atoms with Crippen LogP contribution in [0.5, 0.6) is 0 Å². The first-order valence-electron chi connectivity index (χ1n) is 13.5. The molecule has 4 aromatic heterocycles. The van der Waals surface area contributed by atoms with E-state index in [2.05, 4.69) is 40.1 Å². The van der Waals surface area contributed by atoms with Crippen molar-refractivity contribution >= 4 is 49.6 Å². The number of aromatic nitrogens is 8. The van der Waals surface area contributed by atoms with Gasteiger partial charge in [0.2, 0.25) is 5.95 Å². The maximum absolute atomic E-state index is 13.3. The number of nitrogens with zero attached hydrogens (tertiary/aromatic N) is 7. The molecule has 0 aromatic carbocycles. The van der Waals surface area contributed by atoms with Gasteiger partial charge in [-0.15, -0.1) is 0 Å². The number of aromatic amines is 1. The zero-order chi connectivity index (χ0) is 31.8. The number of fused-ring (bicyclic) bond motifs is 4. The zero-order valence-corrected chi connectivity index (χ0v) is 24.9. The van der Waals surface area contributed by atoms with E-state index in [1.54, 1.807) is 6.92 Å². The molecule has 3 fully saturated rings. The minimum Gasteiger partial charge on any atom is -0.387 e. The highest BCUT2D eigenvalue weighted by Crippen LogP contribution is 2.48. The Bertz CT molecular complexity index is 1940.